The average Bonchev–Trinajstić information content (AvgIpc) is 2.89. The van der Waals surface area contributed by atoms with Crippen molar-refractivity contribution in [3.63, 3.8) is 0 Å². The van der Waals surface area contributed by atoms with Gasteiger partial charge in [0, 0.05) is 70.4 Å². The summed E-state index contributed by atoms with van der Waals surface area (Å²) in [5.74, 6) is 1.12. The summed E-state index contributed by atoms with van der Waals surface area (Å²) in [6.45, 7) is 14.3. The Balaban J connectivity index is 1.10. The fourth-order valence-corrected chi connectivity index (χ4v) is 6.03. The first-order valence-electron chi connectivity index (χ1n) is 13.4. The summed E-state index contributed by atoms with van der Waals surface area (Å²) in [6.07, 6.45) is 7.08. The van der Waals surface area contributed by atoms with Crippen LogP contribution in [0.2, 0.25) is 0 Å². The van der Waals surface area contributed by atoms with Crippen molar-refractivity contribution in [2.75, 3.05) is 62.2 Å². The van der Waals surface area contributed by atoms with Crippen LogP contribution in [-0.2, 0) is 11.2 Å². The Morgan fingerprint density at radius 3 is 2.61 bits per heavy atom. The molecule has 190 valence electrons. The molecular formula is C28H37N7O. The molecule has 6 rings (SSSR count). The van der Waals surface area contributed by atoms with Crippen LogP contribution in [-0.4, -0.2) is 84.4 Å². The highest BCUT2D eigenvalue weighted by molar-refractivity contribution is 5.90. The highest BCUT2D eigenvalue weighted by Gasteiger charge is 2.30. The van der Waals surface area contributed by atoms with Crippen LogP contribution in [0, 0.1) is 6.92 Å². The molecule has 0 radical (unpaired) electrons. The second kappa shape index (κ2) is 9.92. The van der Waals surface area contributed by atoms with E-state index in [9.17, 15) is 0 Å². The van der Waals surface area contributed by atoms with Crippen LogP contribution in [0.3, 0.4) is 0 Å². The molecule has 8 heteroatoms. The third-order valence-corrected chi connectivity index (χ3v) is 7.95. The maximum absolute atomic E-state index is 6.41. The SMILES string of the molecule is Cc1ccc(N2C[C@H](CN3CCN(c4cc5c(cn4)CCN[C@H]5C)CC3)O[C@H](C)C2)c2nccnc12. The largest absolute Gasteiger partial charge is 0.370 e. The Labute approximate surface area is 213 Å². The lowest BCUT2D eigenvalue weighted by molar-refractivity contribution is -0.0327. The van der Waals surface area contributed by atoms with Gasteiger partial charge in [-0.25, -0.2) is 4.98 Å². The van der Waals surface area contributed by atoms with Crippen molar-refractivity contribution in [1.82, 2.24) is 25.2 Å². The number of piperazine rings is 1. The third kappa shape index (κ3) is 4.65. The van der Waals surface area contributed by atoms with E-state index in [-0.39, 0.29) is 12.2 Å². The van der Waals surface area contributed by atoms with Gasteiger partial charge in [-0.1, -0.05) is 6.07 Å². The number of morpholine rings is 1. The smallest absolute Gasteiger partial charge is 0.128 e. The van der Waals surface area contributed by atoms with Crippen LogP contribution < -0.4 is 15.1 Å². The zero-order valence-electron chi connectivity index (χ0n) is 21.7. The molecule has 0 amide bonds. The highest BCUT2D eigenvalue weighted by atomic mass is 16.5. The van der Waals surface area contributed by atoms with Gasteiger partial charge in [-0.3, -0.25) is 14.9 Å². The first kappa shape index (κ1) is 23.6. The Kier molecular flexibility index (Phi) is 6.50. The molecule has 0 saturated carbocycles. The first-order valence-corrected chi connectivity index (χ1v) is 13.4. The van der Waals surface area contributed by atoms with Gasteiger partial charge in [0.25, 0.3) is 0 Å². The van der Waals surface area contributed by atoms with Crippen molar-refractivity contribution < 1.29 is 4.74 Å². The van der Waals surface area contributed by atoms with Crippen molar-refractivity contribution in [2.45, 2.75) is 45.4 Å². The zero-order chi connectivity index (χ0) is 24.6. The first-order chi connectivity index (χ1) is 17.5. The van der Waals surface area contributed by atoms with Crippen LogP contribution >= 0.6 is 0 Å². The van der Waals surface area contributed by atoms with Gasteiger partial charge in [-0.15, -0.1) is 0 Å². The van der Waals surface area contributed by atoms with E-state index < -0.39 is 0 Å². The summed E-state index contributed by atoms with van der Waals surface area (Å²) in [5.41, 5.74) is 7.10. The van der Waals surface area contributed by atoms with Gasteiger partial charge in [0.2, 0.25) is 0 Å². The number of ether oxygens (including phenoxy) is 1. The highest BCUT2D eigenvalue weighted by Crippen LogP contribution is 2.29. The maximum Gasteiger partial charge on any atom is 0.128 e. The molecule has 2 aromatic heterocycles. The van der Waals surface area contributed by atoms with Gasteiger partial charge in [-0.05, 0) is 62.6 Å². The Morgan fingerprint density at radius 1 is 0.972 bits per heavy atom. The average molecular weight is 488 g/mol. The number of benzene rings is 1. The van der Waals surface area contributed by atoms with Crippen LogP contribution in [0.25, 0.3) is 11.0 Å². The molecule has 1 N–H and O–H groups in total. The molecule has 36 heavy (non-hydrogen) atoms. The lowest BCUT2D eigenvalue weighted by Crippen LogP contribution is -2.54. The molecule has 0 bridgehead atoms. The van der Waals surface area contributed by atoms with E-state index in [1.54, 1.807) is 12.4 Å². The molecule has 0 spiro atoms. The molecule has 8 nitrogen and oxygen atoms in total. The van der Waals surface area contributed by atoms with Crippen LogP contribution in [0.1, 0.15) is 36.6 Å². The van der Waals surface area contributed by atoms with Crippen LogP contribution in [0.5, 0.6) is 0 Å². The fourth-order valence-electron chi connectivity index (χ4n) is 6.03. The maximum atomic E-state index is 6.41. The summed E-state index contributed by atoms with van der Waals surface area (Å²) in [6, 6.07) is 7.07. The number of aryl methyl sites for hydroxylation is 1. The van der Waals surface area contributed by atoms with Crippen molar-refractivity contribution in [1.29, 1.82) is 0 Å². The molecule has 3 atom stereocenters. The molecular weight excluding hydrogens is 450 g/mol. The van der Waals surface area contributed by atoms with E-state index in [0.717, 1.165) is 86.9 Å². The van der Waals surface area contributed by atoms with Crippen molar-refractivity contribution >= 4 is 22.5 Å². The predicted molar refractivity (Wildman–Crippen MR) is 144 cm³/mol. The van der Waals surface area contributed by atoms with E-state index in [0.29, 0.717) is 6.04 Å². The number of nitrogens with zero attached hydrogens (tertiary/aromatic N) is 6. The molecule has 5 heterocycles. The summed E-state index contributed by atoms with van der Waals surface area (Å²) in [4.78, 5) is 21.5. The normalized spacial score (nSPS) is 25.2. The molecule has 3 aliphatic heterocycles. The van der Waals surface area contributed by atoms with E-state index >= 15 is 0 Å². The number of pyridine rings is 1. The number of anilines is 2. The van der Waals surface area contributed by atoms with Crippen LogP contribution in [0.4, 0.5) is 11.5 Å². The van der Waals surface area contributed by atoms with Gasteiger partial charge in [-0.2, -0.15) is 0 Å². The van der Waals surface area contributed by atoms with Crippen molar-refractivity contribution in [3.8, 4) is 0 Å². The van der Waals surface area contributed by atoms with Crippen molar-refractivity contribution in [2.24, 2.45) is 0 Å². The summed E-state index contributed by atoms with van der Waals surface area (Å²) < 4.78 is 6.41. The van der Waals surface area contributed by atoms with Gasteiger partial charge in [0.1, 0.15) is 11.3 Å². The summed E-state index contributed by atoms with van der Waals surface area (Å²) in [5, 5.41) is 3.57. The molecule has 3 aromatic rings. The molecule has 0 unspecified atom stereocenters. The molecule has 1 aromatic carbocycles. The number of hydrogen-bond donors (Lipinski definition) is 1. The fraction of sp³-hybridized carbons (Fsp3) is 0.536. The van der Waals surface area contributed by atoms with Gasteiger partial charge in [0.15, 0.2) is 0 Å². The minimum absolute atomic E-state index is 0.169. The number of rotatable bonds is 4. The molecule has 2 fully saturated rings. The number of hydrogen-bond acceptors (Lipinski definition) is 8. The second-order valence-corrected chi connectivity index (χ2v) is 10.6. The van der Waals surface area contributed by atoms with Gasteiger partial charge in [0.05, 0.1) is 23.4 Å². The number of aromatic nitrogens is 3. The van der Waals surface area contributed by atoms with E-state index in [2.05, 4.69) is 75.2 Å². The molecule has 0 aliphatic carbocycles. The second-order valence-electron chi connectivity index (χ2n) is 10.6. The van der Waals surface area contributed by atoms with Gasteiger partial charge < -0.3 is 19.9 Å². The number of fused-ring (bicyclic) bond motifs is 2. The van der Waals surface area contributed by atoms with Crippen molar-refractivity contribution in [3.05, 3.63) is 53.5 Å². The monoisotopic (exact) mass is 487 g/mol. The minimum atomic E-state index is 0.169. The lowest BCUT2D eigenvalue weighted by Gasteiger charge is -2.42. The quantitative estimate of drug-likeness (QED) is 0.603. The van der Waals surface area contributed by atoms with Crippen LogP contribution in [0.15, 0.2) is 36.8 Å². The van der Waals surface area contributed by atoms with E-state index in [1.807, 2.05) is 0 Å². The van der Waals surface area contributed by atoms with E-state index in [1.165, 1.54) is 11.1 Å². The Bertz CT molecular complexity index is 1230. The van der Waals surface area contributed by atoms with Gasteiger partial charge >= 0.3 is 0 Å². The minimum Gasteiger partial charge on any atom is -0.370 e. The Morgan fingerprint density at radius 2 is 1.78 bits per heavy atom. The van der Waals surface area contributed by atoms with E-state index in [4.69, 9.17) is 9.72 Å². The molecule has 3 aliphatic rings. The zero-order valence-corrected chi connectivity index (χ0v) is 21.7. The predicted octanol–water partition coefficient (Wildman–Crippen LogP) is 2.96. The summed E-state index contributed by atoms with van der Waals surface area (Å²) in [7, 11) is 0. The molecule has 2 saturated heterocycles. The Hall–Kier alpha value is -2.81. The lowest BCUT2D eigenvalue weighted by atomic mass is 9.97. The third-order valence-electron chi connectivity index (χ3n) is 7.95. The topological polar surface area (TPSA) is 69.7 Å². The standard InChI is InChI=1S/C28H37N7O/c1-19-4-5-25(28-27(19)30-8-9-31-28)35-16-20(2)36-23(18-35)17-33-10-12-34(13-11-33)26-14-24-21(3)29-7-6-22(24)15-32-26/h4-5,8-9,14-15,20-21,23,29H,6-7,10-13,16-18H2,1-3H3/t20-,21+,23+/m1/s1. The summed E-state index contributed by atoms with van der Waals surface area (Å²) >= 11 is 0. The number of nitrogens with one attached hydrogen (secondary N) is 1.